The number of hydrogen-bond acceptors (Lipinski definition) is 3. The normalized spacial score (nSPS) is 17.6. The van der Waals surface area contributed by atoms with Gasteiger partial charge in [0.1, 0.15) is 0 Å². The lowest BCUT2D eigenvalue weighted by Crippen LogP contribution is -2.31. The average Bonchev–Trinajstić information content (AvgIpc) is 2.82. The van der Waals surface area contributed by atoms with Crippen LogP contribution in [-0.4, -0.2) is 17.1 Å². The Balaban J connectivity index is 1.73. The van der Waals surface area contributed by atoms with Crippen LogP contribution in [0.15, 0.2) is 42.5 Å². The summed E-state index contributed by atoms with van der Waals surface area (Å²) in [5.74, 6) is 0.438. The first kappa shape index (κ1) is 17.1. The molecule has 0 saturated carbocycles. The fourth-order valence-electron chi connectivity index (χ4n) is 2.82. The summed E-state index contributed by atoms with van der Waals surface area (Å²) < 4.78 is 0. The van der Waals surface area contributed by atoms with Gasteiger partial charge in [0.15, 0.2) is 0 Å². The summed E-state index contributed by atoms with van der Waals surface area (Å²) in [6.07, 6.45) is 0.254. The number of imide groups is 1. The zero-order valence-corrected chi connectivity index (χ0v) is 15.2. The second-order valence-corrected chi connectivity index (χ2v) is 7.62. The second-order valence-electron chi connectivity index (χ2n) is 5.99. The van der Waals surface area contributed by atoms with Crippen LogP contribution < -0.4 is 4.90 Å². The van der Waals surface area contributed by atoms with Crippen molar-refractivity contribution in [2.24, 2.45) is 0 Å². The topological polar surface area (TPSA) is 37.4 Å². The molecule has 1 aliphatic heterocycles. The number of halogens is 1. The Morgan fingerprint density at radius 1 is 1.12 bits per heavy atom. The zero-order valence-electron chi connectivity index (χ0n) is 13.6. The van der Waals surface area contributed by atoms with Crippen LogP contribution >= 0.6 is 23.4 Å². The second kappa shape index (κ2) is 6.99. The van der Waals surface area contributed by atoms with Gasteiger partial charge in [-0.1, -0.05) is 41.4 Å². The fourth-order valence-corrected chi connectivity index (χ4v) is 4.04. The molecule has 2 aromatic rings. The molecule has 5 heteroatoms. The molecule has 0 bridgehead atoms. The SMILES string of the molecule is Cc1ccc(N2C(=O)C[C@H](SCc3ccc(Cl)cc3)C2=O)c(C)c1. The molecule has 124 valence electrons. The van der Waals surface area contributed by atoms with Crippen LogP contribution in [0.25, 0.3) is 0 Å². The molecule has 0 N–H and O–H groups in total. The summed E-state index contributed by atoms with van der Waals surface area (Å²) in [6, 6.07) is 13.3. The molecule has 1 atom stereocenters. The largest absolute Gasteiger partial charge is 0.274 e. The predicted octanol–water partition coefficient (Wildman–Crippen LogP) is 4.52. The van der Waals surface area contributed by atoms with Gasteiger partial charge in [0.2, 0.25) is 11.8 Å². The van der Waals surface area contributed by atoms with Gasteiger partial charge in [0, 0.05) is 17.2 Å². The number of carbonyl (C=O) groups is 2. The van der Waals surface area contributed by atoms with Crippen molar-refractivity contribution in [2.75, 3.05) is 4.90 Å². The van der Waals surface area contributed by atoms with E-state index < -0.39 is 0 Å². The molecule has 0 unspecified atom stereocenters. The summed E-state index contributed by atoms with van der Waals surface area (Å²) in [6.45, 7) is 3.92. The van der Waals surface area contributed by atoms with E-state index in [1.165, 1.54) is 16.7 Å². The maximum Gasteiger partial charge on any atom is 0.247 e. The van der Waals surface area contributed by atoms with Crippen LogP contribution in [-0.2, 0) is 15.3 Å². The molecule has 3 rings (SSSR count). The Labute approximate surface area is 151 Å². The number of aryl methyl sites for hydroxylation is 2. The molecule has 2 amide bonds. The highest BCUT2D eigenvalue weighted by Crippen LogP contribution is 2.33. The minimum Gasteiger partial charge on any atom is -0.274 e. The molecule has 1 fully saturated rings. The lowest BCUT2D eigenvalue weighted by Gasteiger charge is -2.17. The van der Waals surface area contributed by atoms with Crippen molar-refractivity contribution in [1.29, 1.82) is 0 Å². The van der Waals surface area contributed by atoms with E-state index >= 15 is 0 Å². The van der Waals surface area contributed by atoms with Crippen molar-refractivity contribution in [3.63, 3.8) is 0 Å². The van der Waals surface area contributed by atoms with Gasteiger partial charge >= 0.3 is 0 Å². The Kier molecular flexibility index (Phi) is 4.97. The Hall–Kier alpha value is -1.78. The molecule has 1 heterocycles. The highest BCUT2D eigenvalue weighted by molar-refractivity contribution is 7.99. The number of thioether (sulfide) groups is 1. The molecule has 2 aromatic carbocycles. The van der Waals surface area contributed by atoms with E-state index in [2.05, 4.69) is 0 Å². The third-order valence-electron chi connectivity index (χ3n) is 4.06. The lowest BCUT2D eigenvalue weighted by molar-refractivity contribution is -0.121. The van der Waals surface area contributed by atoms with Gasteiger partial charge in [-0.2, -0.15) is 0 Å². The Bertz CT molecular complexity index is 788. The van der Waals surface area contributed by atoms with Gasteiger partial charge < -0.3 is 0 Å². The van der Waals surface area contributed by atoms with Crippen molar-refractivity contribution in [2.45, 2.75) is 31.3 Å². The predicted molar refractivity (Wildman–Crippen MR) is 99.6 cm³/mol. The zero-order chi connectivity index (χ0) is 17.3. The quantitative estimate of drug-likeness (QED) is 0.753. The van der Waals surface area contributed by atoms with Crippen molar-refractivity contribution < 1.29 is 9.59 Å². The standard InChI is InChI=1S/C19H18ClNO2S/c1-12-3-8-16(13(2)9-12)21-18(22)10-17(19(21)23)24-11-14-4-6-15(20)7-5-14/h3-9,17H,10-11H2,1-2H3/t17-/m0/s1. The lowest BCUT2D eigenvalue weighted by atomic mass is 10.1. The van der Waals surface area contributed by atoms with Crippen molar-refractivity contribution in [3.8, 4) is 0 Å². The van der Waals surface area contributed by atoms with E-state index in [0.717, 1.165) is 16.7 Å². The molecule has 0 radical (unpaired) electrons. The molecule has 24 heavy (non-hydrogen) atoms. The van der Waals surface area contributed by atoms with E-state index in [9.17, 15) is 9.59 Å². The number of rotatable bonds is 4. The molecule has 1 saturated heterocycles. The number of carbonyl (C=O) groups excluding carboxylic acids is 2. The van der Waals surface area contributed by atoms with E-state index in [1.807, 2.05) is 56.3 Å². The highest BCUT2D eigenvalue weighted by Gasteiger charge is 2.40. The maximum absolute atomic E-state index is 12.7. The molecule has 0 aromatic heterocycles. The number of hydrogen-bond donors (Lipinski definition) is 0. The third-order valence-corrected chi connectivity index (χ3v) is 5.59. The summed E-state index contributed by atoms with van der Waals surface area (Å²) in [7, 11) is 0. The highest BCUT2D eigenvalue weighted by atomic mass is 35.5. The van der Waals surface area contributed by atoms with Crippen LogP contribution in [0.3, 0.4) is 0 Å². The molecule has 3 nitrogen and oxygen atoms in total. The Morgan fingerprint density at radius 3 is 2.50 bits per heavy atom. The monoisotopic (exact) mass is 359 g/mol. The number of benzene rings is 2. The van der Waals surface area contributed by atoms with Crippen LogP contribution in [0, 0.1) is 13.8 Å². The van der Waals surface area contributed by atoms with Gasteiger partial charge in [0.25, 0.3) is 0 Å². The van der Waals surface area contributed by atoms with E-state index in [1.54, 1.807) is 0 Å². The summed E-state index contributed by atoms with van der Waals surface area (Å²) in [5, 5.41) is 0.366. The van der Waals surface area contributed by atoms with Crippen LogP contribution in [0.2, 0.25) is 5.02 Å². The third kappa shape index (κ3) is 3.50. The molecular formula is C19H18ClNO2S. The van der Waals surface area contributed by atoms with Crippen LogP contribution in [0.5, 0.6) is 0 Å². The summed E-state index contributed by atoms with van der Waals surface area (Å²) in [4.78, 5) is 26.4. The molecule has 1 aliphatic rings. The van der Waals surface area contributed by atoms with Gasteiger partial charge in [0.05, 0.1) is 10.9 Å². The van der Waals surface area contributed by atoms with Crippen LogP contribution in [0.4, 0.5) is 5.69 Å². The van der Waals surface area contributed by atoms with E-state index in [0.29, 0.717) is 16.5 Å². The van der Waals surface area contributed by atoms with Gasteiger partial charge in [-0.25, -0.2) is 4.90 Å². The average molecular weight is 360 g/mol. The maximum atomic E-state index is 12.7. The minimum absolute atomic E-state index is 0.120. The van der Waals surface area contributed by atoms with Crippen LogP contribution in [0.1, 0.15) is 23.1 Å². The van der Waals surface area contributed by atoms with Gasteiger partial charge in [-0.3, -0.25) is 9.59 Å². The van der Waals surface area contributed by atoms with Gasteiger partial charge in [-0.05, 0) is 43.2 Å². The molecular weight excluding hydrogens is 342 g/mol. The first-order valence-electron chi connectivity index (χ1n) is 7.76. The summed E-state index contributed by atoms with van der Waals surface area (Å²) in [5.41, 5.74) is 3.85. The number of nitrogens with zero attached hydrogens (tertiary/aromatic N) is 1. The van der Waals surface area contributed by atoms with E-state index in [-0.39, 0.29) is 23.5 Å². The number of amides is 2. The number of anilines is 1. The van der Waals surface area contributed by atoms with Crippen molar-refractivity contribution in [3.05, 3.63) is 64.2 Å². The first-order chi connectivity index (χ1) is 11.5. The van der Waals surface area contributed by atoms with Crippen molar-refractivity contribution >= 4 is 40.9 Å². The summed E-state index contributed by atoms with van der Waals surface area (Å²) >= 11 is 7.39. The van der Waals surface area contributed by atoms with Crippen molar-refractivity contribution in [1.82, 2.24) is 0 Å². The van der Waals surface area contributed by atoms with Gasteiger partial charge in [-0.15, -0.1) is 11.8 Å². The minimum atomic E-state index is -0.325. The van der Waals surface area contributed by atoms with E-state index in [4.69, 9.17) is 11.6 Å². The smallest absolute Gasteiger partial charge is 0.247 e. The Morgan fingerprint density at radius 2 is 1.83 bits per heavy atom. The fraction of sp³-hybridized carbons (Fsp3) is 0.263. The molecule has 0 aliphatic carbocycles. The first-order valence-corrected chi connectivity index (χ1v) is 9.18. The molecule has 0 spiro atoms.